The van der Waals surface area contributed by atoms with Crippen molar-refractivity contribution in [1.82, 2.24) is 4.31 Å². The van der Waals surface area contributed by atoms with Gasteiger partial charge in [-0.05, 0) is 63.0 Å². The smallest absolute Gasteiger partial charge is 0.243 e. The molecule has 1 aliphatic heterocycles. The van der Waals surface area contributed by atoms with Gasteiger partial charge in [-0.2, -0.15) is 4.31 Å². The van der Waals surface area contributed by atoms with E-state index in [1.54, 1.807) is 16.4 Å². The number of hydrogen-bond donors (Lipinski definition) is 1. The number of rotatable bonds is 5. The van der Waals surface area contributed by atoms with Gasteiger partial charge in [0.25, 0.3) is 0 Å². The van der Waals surface area contributed by atoms with Gasteiger partial charge < -0.3 is 5.11 Å². The molecule has 0 aromatic heterocycles. The summed E-state index contributed by atoms with van der Waals surface area (Å²) in [5.41, 5.74) is 1.06. The largest absolute Gasteiger partial charge is 0.393 e. The van der Waals surface area contributed by atoms with Gasteiger partial charge in [0.2, 0.25) is 10.0 Å². The Morgan fingerprint density at radius 2 is 1.67 bits per heavy atom. The second kappa shape index (κ2) is 7.54. The summed E-state index contributed by atoms with van der Waals surface area (Å²) in [5, 5.41) is 10.4. The van der Waals surface area contributed by atoms with Gasteiger partial charge >= 0.3 is 0 Å². The lowest BCUT2D eigenvalue weighted by molar-refractivity contribution is 0.0736. The van der Waals surface area contributed by atoms with Crippen molar-refractivity contribution in [2.24, 2.45) is 11.8 Å². The number of benzene rings is 1. The third-order valence-corrected chi connectivity index (χ3v) is 7.66. The van der Waals surface area contributed by atoms with Crippen molar-refractivity contribution in [1.29, 1.82) is 0 Å². The lowest BCUT2D eigenvalue weighted by Crippen LogP contribution is -2.39. The Hall–Kier alpha value is -0.910. The van der Waals surface area contributed by atoms with Crippen LogP contribution in [0.2, 0.25) is 0 Å². The molecule has 1 unspecified atom stereocenters. The Labute approximate surface area is 145 Å². The fraction of sp³-hybridized carbons (Fsp3) is 0.684. The molecule has 0 radical (unpaired) electrons. The third-order valence-electron chi connectivity index (χ3n) is 5.75. The first-order valence-corrected chi connectivity index (χ1v) is 10.7. The molecule has 2 aliphatic rings. The van der Waals surface area contributed by atoms with Gasteiger partial charge in [0.05, 0.1) is 11.0 Å². The minimum Gasteiger partial charge on any atom is -0.393 e. The Kier molecular flexibility index (Phi) is 5.63. The zero-order chi connectivity index (χ0) is 17.2. The van der Waals surface area contributed by atoms with E-state index < -0.39 is 10.0 Å². The molecule has 1 heterocycles. The summed E-state index contributed by atoms with van der Waals surface area (Å²) < 4.78 is 27.0. The summed E-state index contributed by atoms with van der Waals surface area (Å²) in [5.74, 6) is 0.921. The molecule has 1 saturated carbocycles. The van der Waals surface area contributed by atoms with Crippen LogP contribution in [0.3, 0.4) is 0 Å². The normalized spacial score (nSPS) is 22.8. The zero-order valence-electron chi connectivity index (χ0n) is 14.5. The van der Waals surface area contributed by atoms with Crippen LogP contribution in [0.4, 0.5) is 0 Å². The third kappa shape index (κ3) is 4.01. The standard InChI is InChI=1S/C19H29NO3S/c1-15-6-8-18(9-7-15)24(22,23)20-12-10-16(11-13-20)14-19(21)17-4-2-3-5-17/h6-9,16-17,19,21H,2-5,10-14H2,1H3. The molecule has 1 aliphatic carbocycles. The average molecular weight is 352 g/mol. The van der Waals surface area contributed by atoms with Crippen molar-refractivity contribution in [2.75, 3.05) is 13.1 Å². The van der Waals surface area contributed by atoms with Crippen molar-refractivity contribution in [2.45, 2.75) is 62.9 Å². The van der Waals surface area contributed by atoms with E-state index >= 15 is 0 Å². The van der Waals surface area contributed by atoms with Gasteiger partial charge in [-0.1, -0.05) is 30.5 Å². The topological polar surface area (TPSA) is 57.6 Å². The van der Waals surface area contributed by atoms with E-state index in [1.165, 1.54) is 12.8 Å². The fourth-order valence-corrected chi connectivity index (χ4v) is 5.59. The Morgan fingerprint density at radius 1 is 1.08 bits per heavy atom. The molecule has 0 spiro atoms. The van der Waals surface area contributed by atoms with Crippen molar-refractivity contribution in [3.63, 3.8) is 0 Å². The quantitative estimate of drug-likeness (QED) is 0.885. The first-order valence-electron chi connectivity index (χ1n) is 9.21. The first-order chi connectivity index (χ1) is 11.5. The predicted molar refractivity (Wildman–Crippen MR) is 95.2 cm³/mol. The second-order valence-electron chi connectivity index (χ2n) is 7.51. The van der Waals surface area contributed by atoms with E-state index in [0.29, 0.717) is 29.8 Å². The van der Waals surface area contributed by atoms with Crippen molar-refractivity contribution < 1.29 is 13.5 Å². The highest BCUT2D eigenvalue weighted by Gasteiger charge is 2.32. The molecule has 1 atom stereocenters. The lowest BCUT2D eigenvalue weighted by Gasteiger charge is -2.33. The number of piperidine rings is 1. The van der Waals surface area contributed by atoms with Gasteiger partial charge in [0.15, 0.2) is 0 Å². The molecule has 1 N–H and O–H groups in total. The van der Waals surface area contributed by atoms with Crippen LogP contribution >= 0.6 is 0 Å². The molecule has 24 heavy (non-hydrogen) atoms. The zero-order valence-corrected chi connectivity index (χ0v) is 15.3. The molecule has 0 amide bonds. The first kappa shape index (κ1) is 17.9. The molecule has 2 fully saturated rings. The maximum Gasteiger partial charge on any atom is 0.243 e. The molecule has 3 rings (SSSR count). The van der Waals surface area contributed by atoms with Crippen LogP contribution in [-0.2, 0) is 10.0 Å². The number of aliphatic hydroxyl groups is 1. The van der Waals surface area contributed by atoms with Crippen LogP contribution in [-0.4, -0.2) is 37.0 Å². The van der Waals surface area contributed by atoms with Crippen LogP contribution in [0.15, 0.2) is 29.2 Å². The van der Waals surface area contributed by atoms with Crippen LogP contribution in [0.5, 0.6) is 0 Å². The highest BCUT2D eigenvalue weighted by atomic mass is 32.2. The molecule has 4 nitrogen and oxygen atoms in total. The van der Waals surface area contributed by atoms with E-state index in [0.717, 1.165) is 37.7 Å². The summed E-state index contributed by atoms with van der Waals surface area (Å²) in [6.45, 7) is 3.09. The SMILES string of the molecule is Cc1ccc(S(=O)(=O)N2CCC(CC(O)C3CCCC3)CC2)cc1. The summed E-state index contributed by atoms with van der Waals surface area (Å²) in [6.07, 6.45) is 7.15. The molecule has 1 aromatic rings. The molecule has 1 aromatic carbocycles. The summed E-state index contributed by atoms with van der Waals surface area (Å²) in [6, 6.07) is 7.08. The number of sulfonamides is 1. The lowest BCUT2D eigenvalue weighted by atomic mass is 9.87. The predicted octanol–water partition coefficient (Wildman–Crippen LogP) is 3.34. The molecule has 0 bridgehead atoms. The molecular weight excluding hydrogens is 322 g/mol. The Bertz CT molecular complexity index is 627. The molecule has 134 valence electrons. The van der Waals surface area contributed by atoms with Crippen molar-refractivity contribution in [3.8, 4) is 0 Å². The van der Waals surface area contributed by atoms with E-state index in [2.05, 4.69) is 0 Å². The van der Waals surface area contributed by atoms with E-state index in [4.69, 9.17) is 0 Å². The summed E-state index contributed by atoms with van der Waals surface area (Å²) >= 11 is 0. The van der Waals surface area contributed by atoms with E-state index in [1.807, 2.05) is 19.1 Å². The molecule has 1 saturated heterocycles. The summed E-state index contributed by atoms with van der Waals surface area (Å²) in [4.78, 5) is 0.387. The maximum absolute atomic E-state index is 12.7. The monoisotopic (exact) mass is 351 g/mol. The summed E-state index contributed by atoms with van der Waals surface area (Å²) in [7, 11) is -3.38. The van der Waals surface area contributed by atoms with Crippen molar-refractivity contribution >= 4 is 10.0 Å². The molecular formula is C19H29NO3S. The number of nitrogens with zero attached hydrogens (tertiary/aromatic N) is 1. The Morgan fingerprint density at radius 3 is 2.25 bits per heavy atom. The van der Waals surface area contributed by atoms with Crippen LogP contribution in [0.1, 0.15) is 50.5 Å². The number of aryl methyl sites for hydroxylation is 1. The number of hydrogen-bond acceptors (Lipinski definition) is 3. The van der Waals surface area contributed by atoms with Crippen LogP contribution in [0, 0.1) is 18.8 Å². The highest BCUT2D eigenvalue weighted by Crippen LogP contribution is 2.33. The highest BCUT2D eigenvalue weighted by molar-refractivity contribution is 7.89. The van der Waals surface area contributed by atoms with Crippen LogP contribution < -0.4 is 0 Å². The minimum atomic E-state index is -3.38. The Balaban J connectivity index is 1.55. The van der Waals surface area contributed by atoms with Crippen molar-refractivity contribution in [3.05, 3.63) is 29.8 Å². The maximum atomic E-state index is 12.7. The van der Waals surface area contributed by atoms with Gasteiger partial charge in [-0.3, -0.25) is 0 Å². The number of aliphatic hydroxyl groups excluding tert-OH is 1. The van der Waals surface area contributed by atoms with Crippen LogP contribution in [0.25, 0.3) is 0 Å². The van der Waals surface area contributed by atoms with Gasteiger partial charge in [0.1, 0.15) is 0 Å². The second-order valence-corrected chi connectivity index (χ2v) is 9.45. The fourth-order valence-electron chi connectivity index (χ4n) is 4.12. The molecule has 5 heteroatoms. The van der Waals surface area contributed by atoms with Gasteiger partial charge in [0, 0.05) is 13.1 Å². The van der Waals surface area contributed by atoms with E-state index in [-0.39, 0.29) is 6.10 Å². The minimum absolute atomic E-state index is 0.197. The van der Waals surface area contributed by atoms with E-state index in [9.17, 15) is 13.5 Å². The average Bonchev–Trinajstić information content (AvgIpc) is 3.10. The van der Waals surface area contributed by atoms with Gasteiger partial charge in [-0.15, -0.1) is 0 Å². The van der Waals surface area contributed by atoms with Gasteiger partial charge in [-0.25, -0.2) is 8.42 Å².